The van der Waals surface area contributed by atoms with Crippen LogP contribution in [0.3, 0.4) is 0 Å². The average molecular weight is 1370 g/mol. The van der Waals surface area contributed by atoms with Crippen molar-refractivity contribution in [1.82, 2.24) is 0 Å². The SMILES string of the molecule is Cc1ccc(CONc2cc3ccccc3c(N=Nc3ccc(C=Cc4ccc(C=Cc5ccc(N=Nc6c(O)c(C(=O)Nc7ccc(C)cc7C)cc7ccccc67)cc5)cc4)cc3)c2O)c(C)c1.Cc1ccc(N(c2ccc(C)cc2)c2ccc(C=C(c3ccccc3)c3ccccc3)cc2)cc1. The monoisotopic (exact) mass is 1370 g/mol. The van der Waals surface area contributed by atoms with E-state index in [0.29, 0.717) is 40.4 Å². The lowest BCUT2D eigenvalue weighted by Crippen LogP contribution is -2.13. The molecule has 0 spiro atoms. The largest absolute Gasteiger partial charge is 0.505 e. The summed E-state index contributed by atoms with van der Waals surface area (Å²) in [5, 5.41) is 46.5. The Morgan fingerprint density at radius 1 is 0.390 bits per heavy atom. The van der Waals surface area contributed by atoms with E-state index < -0.39 is 5.91 Å². The highest BCUT2D eigenvalue weighted by atomic mass is 16.6. The Hall–Kier alpha value is -13.4. The fraction of sp³-hybridized carbons (Fsp3) is 0.0745. The van der Waals surface area contributed by atoms with Crippen LogP contribution in [-0.4, -0.2) is 16.1 Å². The van der Waals surface area contributed by atoms with Crippen LogP contribution in [0.1, 0.15) is 88.2 Å². The van der Waals surface area contributed by atoms with Crippen LogP contribution in [0.15, 0.2) is 324 Å². The maximum atomic E-state index is 13.4. The highest BCUT2D eigenvalue weighted by Crippen LogP contribution is 2.44. The number of fused-ring (bicyclic) bond motifs is 2. The number of carbonyl (C=O) groups excluding carboxylic acids is 1. The molecule has 14 aromatic carbocycles. The van der Waals surface area contributed by atoms with Crippen molar-refractivity contribution in [3.05, 3.63) is 387 Å². The molecule has 0 saturated carbocycles. The van der Waals surface area contributed by atoms with Gasteiger partial charge in [-0.25, -0.2) is 0 Å². The average Bonchev–Trinajstić information content (AvgIpc) is 0.790. The van der Waals surface area contributed by atoms with Gasteiger partial charge in [-0.3, -0.25) is 15.1 Å². The first-order valence-electron chi connectivity index (χ1n) is 34.9. The molecule has 11 heteroatoms. The van der Waals surface area contributed by atoms with E-state index in [-0.39, 0.29) is 22.7 Å². The standard InChI is InChI=1S/C60H50N6O4.C34H29N/c1-38-13-27-48(40(3)33-38)37-70-66-55-36-47-10-6-8-12-52(47)57(59(55)68)65-63-50-30-25-45(26-31-50)22-20-43-17-15-42(16-18-43)19-21-44-23-28-49(29-24-44)62-64-56-51-11-7-5-9-46(51)35-53(58(56)67)60(69)61-54-32-14-39(2)34-41(54)4;1-26-13-19-31(20-14-26)35(32-21-15-27(2)16-22-32)33-23-17-28(18-24-33)25-34(29-9-5-3-6-10-29)30-11-7-4-8-12-30/h5-36,66-68H,37H2,1-4H3,(H,61,69);3-25H,1-2H3. The molecule has 0 aliphatic rings. The second-order valence-electron chi connectivity index (χ2n) is 26.1. The lowest BCUT2D eigenvalue weighted by Gasteiger charge is -2.26. The number of amides is 1. The maximum absolute atomic E-state index is 13.4. The summed E-state index contributed by atoms with van der Waals surface area (Å²) in [6.45, 7) is 12.6. The van der Waals surface area contributed by atoms with E-state index in [1.54, 1.807) is 6.07 Å². The molecule has 1 amide bonds. The second-order valence-corrected chi connectivity index (χ2v) is 26.1. The molecule has 0 atom stereocenters. The van der Waals surface area contributed by atoms with Gasteiger partial charge in [0.2, 0.25) is 0 Å². The normalized spacial score (nSPS) is 11.4. The number of anilines is 5. The number of phenols is 2. The summed E-state index contributed by atoms with van der Waals surface area (Å²) in [7, 11) is 0. The minimum Gasteiger partial charge on any atom is -0.505 e. The number of benzene rings is 14. The van der Waals surface area contributed by atoms with Crippen LogP contribution in [0, 0.1) is 41.5 Å². The summed E-state index contributed by atoms with van der Waals surface area (Å²) in [6.07, 6.45) is 10.5. The lowest BCUT2D eigenvalue weighted by atomic mass is 9.95. The van der Waals surface area contributed by atoms with Gasteiger partial charge >= 0.3 is 0 Å². The van der Waals surface area contributed by atoms with Gasteiger partial charge in [0, 0.05) is 33.5 Å². The molecule has 0 bridgehead atoms. The summed E-state index contributed by atoms with van der Waals surface area (Å²) >= 11 is 0. The van der Waals surface area contributed by atoms with Crippen molar-refractivity contribution >= 4 is 115 Å². The third kappa shape index (κ3) is 17.7. The smallest absolute Gasteiger partial charge is 0.259 e. The fourth-order valence-corrected chi connectivity index (χ4v) is 12.3. The Morgan fingerprint density at radius 2 is 0.800 bits per heavy atom. The van der Waals surface area contributed by atoms with Crippen molar-refractivity contribution in [2.45, 2.75) is 48.1 Å². The molecule has 0 fully saturated rings. The van der Waals surface area contributed by atoms with Crippen molar-refractivity contribution in [2.24, 2.45) is 20.5 Å². The van der Waals surface area contributed by atoms with Crippen LogP contribution in [0.4, 0.5) is 51.2 Å². The molecule has 0 radical (unpaired) electrons. The minimum absolute atomic E-state index is 0.0485. The first-order valence-corrected chi connectivity index (χ1v) is 34.9. The lowest BCUT2D eigenvalue weighted by molar-refractivity contribution is 0.102. The number of hydrogen-bond donors (Lipinski definition) is 4. The van der Waals surface area contributed by atoms with E-state index in [1.807, 2.05) is 159 Å². The summed E-state index contributed by atoms with van der Waals surface area (Å²) in [5.41, 5.74) is 26.2. The van der Waals surface area contributed by atoms with Gasteiger partial charge in [-0.05, 0) is 198 Å². The van der Waals surface area contributed by atoms with Crippen molar-refractivity contribution in [3.63, 3.8) is 0 Å². The first kappa shape index (κ1) is 70.1. The molecular weight excluding hydrogens is 1290 g/mol. The van der Waals surface area contributed by atoms with Crippen molar-refractivity contribution in [1.29, 1.82) is 0 Å². The Balaban J connectivity index is 0.000000233. The van der Waals surface area contributed by atoms with Gasteiger partial charge in [0.1, 0.15) is 17.1 Å². The number of aryl methyl sites for hydroxylation is 6. The quantitative estimate of drug-likeness (QED) is 0.0259. The van der Waals surface area contributed by atoms with E-state index in [1.165, 1.54) is 39.0 Å². The molecule has 14 rings (SSSR count). The van der Waals surface area contributed by atoms with Gasteiger partial charge in [0.15, 0.2) is 11.5 Å². The van der Waals surface area contributed by atoms with Crippen LogP contribution in [-0.2, 0) is 11.4 Å². The third-order valence-electron chi connectivity index (χ3n) is 18.2. The molecule has 0 aliphatic heterocycles. The van der Waals surface area contributed by atoms with Crippen molar-refractivity contribution < 1.29 is 19.8 Å². The topological polar surface area (TPSA) is 144 Å². The van der Waals surface area contributed by atoms with E-state index >= 15 is 0 Å². The molecule has 4 N–H and O–H groups in total. The molecule has 105 heavy (non-hydrogen) atoms. The van der Waals surface area contributed by atoms with Crippen molar-refractivity contribution in [2.75, 3.05) is 15.7 Å². The molecule has 514 valence electrons. The zero-order chi connectivity index (χ0) is 72.6. The van der Waals surface area contributed by atoms with Gasteiger partial charge in [-0.2, -0.15) is 10.2 Å². The zero-order valence-electron chi connectivity index (χ0n) is 59.4. The first-order chi connectivity index (χ1) is 51.2. The van der Waals surface area contributed by atoms with Crippen LogP contribution < -0.4 is 15.7 Å². The number of phenolic OH excluding ortho intramolecular Hbond substituents is 2. The Bertz CT molecular complexity index is 5450. The van der Waals surface area contributed by atoms with Gasteiger partial charge in [-0.15, -0.1) is 10.2 Å². The van der Waals surface area contributed by atoms with Crippen LogP contribution in [0.25, 0.3) is 57.5 Å². The van der Waals surface area contributed by atoms with E-state index in [4.69, 9.17) is 4.84 Å². The maximum Gasteiger partial charge on any atom is 0.259 e. The van der Waals surface area contributed by atoms with Gasteiger partial charge < -0.3 is 20.4 Å². The summed E-state index contributed by atoms with van der Waals surface area (Å²) in [5.74, 6) is -0.717. The number of carbonyl (C=O) groups is 1. The number of nitrogens with zero attached hydrogens (tertiary/aromatic N) is 5. The Kier molecular flexibility index (Phi) is 22.0. The highest BCUT2D eigenvalue weighted by molar-refractivity contribution is 6.12. The number of aromatic hydroxyl groups is 2. The van der Waals surface area contributed by atoms with E-state index in [0.717, 1.165) is 77.7 Å². The van der Waals surface area contributed by atoms with Crippen LogP contribution in [0.5, 0.6) is 11.5 Å². The van der Waals surface area contributed by atoms with Crippen LogP contribution >= 0.6 is 0 Å². The van der Waals surface area contributed by atoms with Gasteiger partial charge in [0.25, 0.3) is 5.91 Å². The molecule has 0 saturated heterocycles. The summed E-state index contributed by atoms with van der Waals surface area (Å²) in [4.78, 5) is 21.5. The van der Waals surface area contributed by atoms with Crippen LogP contribution in [0.2, 0.25) is 0 Å². The molecule has 11 nitrogen and oxygen atoms in total. The van der Waals surface area contributed by atoms with Gasteiger partial charge in [-0.1, -0.05) is 271 Å². The number of hydrogen-bond acceptors (Lipinski definition) is 10. The predicted molar refractivity (Wildman–Crippen MR) is 435 cm³/mol. The molecular formula is C94H79N7O4. The highest BCUT2D eigenvalue weighted by Gasteiger charge is 2.21. The molecule has 14 aromatic rings. The minimum atomic E-state index is -0.432. The third-order valence-corrected chi connectivity index (χ3v) is 18.2. The summed E-state index contributed by atoms with van der Waals surface area (Å²) < 4.78 is 0. The predicted octanol–water partition coefficient (Wildman–Crippen LogP) is 26.0. The zero-order valence-corrected chi connectivity index (χ0v) is 59.4. The number of rotatable bonds is 20. The Morgan fingerprint density at radius 3 is 1.29 bits per heavy atom. The summed E-state index contributed by atoms with van der Waals surface area (Å²) in [6, 6.07) is 102. The fourth-order valence-electron chi connectivity index (χ4n) is 12.3. The molecule has 0 aromatic heterocycles. The van der Waals surface area contributed by atoms with Crippen molar-refractivity contribution in [3.8, 4) is 11.5 Å². The number of nitrogens with one attached hydrogen (secondary N) is 2. The van der Waals surface area contributed by atoms with E-state index in [2.05, 4.69) is 246 Å². The number of azo groups is 2. The molecule has 0 unspecified atom stereocenters. The molecule has 0 heterocycles. The van der Waals surface area contributed by atoms with E-state index in [9.17, 15) is 15.0 Å². The second kappa shape index (κ2) is 33.0. The molecule has 0 aliphatic carbocycles. The van der Waals surface area contributed by atoms with Gasteiger partial charge in [0.05, 0.1) is 23.5 Å². The Labute approximate surface area is 613 Å².